The van der Waals surface area contributed by atoms with Gasteiger partial charge in [0, 0.05) is 0 Å². The van der Waals surface area contributed by atoms with Crippen LogP contribution in [0.4, 0.5) is 4.79 Å². The van der Waals surface area contributed by atoms with Gasteiger partial charge >= 0.3 is 18.0 Å². The zero-order valence-corrected chi connectivity index (χ0v) is 7.65. The molecule has 1 rings (SSSR count). The highest BCUT2D eigenvalue weighted by atomic mass is 16.6. The number of rotatable bonds is 2. The first-order chi connectivity index (χ1) is 6.54. The van der Waals surface area contributed by atoms with E-state index in [0.29, 0.717) is 6.42 Å². The van der Waals surface area contributed by atoms with Crippen LogP contribution in [0, 0.1) is 5.92 Å². The van der Waals surface area contributed by atoms with Gasteiger partial charge in [-0.1, -0.05) is 6.92 Å². The van der Waals surface area contributed by atoms with E-state index in [1.807, 2.05) is 5.32 Å². The largest absolute Gasteiger partial charge is 0.465 e. The normalized spacial score (nSPS) is 26.9. The molecule has 1 aliphatic heterocycles. The third-order valence-corrected chi connectivity index (χ3v) is 2.13. The molecule has 1 heterocycles. The number of esters is 2. The maximum absolute atomic E-state index is 11.0. The van der Waals surface area contributed by atoms with E-state index in [1.165, 1.54) is 0 Å². The molecule has 0 saturated carbocycles. The van der Waals surface area contributed by atoms with E-state index in [-0.39, 0.29) is 6.42 Å². The van der Waals surface area contributed by atoms with Crippen molar-refractivity contribution >= 4 is 18.0 Å². The fourth-order valence-electron chi connectivity index (χ4n) is 1.33. The number of ether oxygens (including phenoxy) is 1. The second-order valence-electron chi connectivity index (χ2n) is 3.08. The van der Waals surface area contributed by atoms with Crippen molar-refractivity contribution in [2.24, 2.45) is 5.92 Å². The number of carbonyl (C=O) groups is 3. The molecule has 1 aliphatic rings. The molecule has 0 aliphatic carbocycles. The van der Waals surface area contributed by atoms with Crippen LogP contribution < -0.4 is 5.32 Å². The average molecular weight is 201 g/mol. The van der Waals surface area contributed by atoms with Gasteiger partial charge in [-0.05, 0) is 12.8 Å². The number of carbonyl (C=O) groups excluding carboxylic acids is 2. The Labute approximate surface area is 80.2 Å². The van der Waals surface area contributed by atoms with Crippen molar-refractivity contribution in [1.82, 2.24) is 5.32 Å². The first-order valence-electron chi connectivity index (χ1n) is 4.29. The molecule has 1 saturated heterocycles. The molecule has 6 nitrogen and oxygen atoms in total. The molecule has 1 unspecified atom stereocenters. The minimum atomic E-state index is -1.30. The zero-order valence-electron chi connectivity index (χ0n) is 7.65. The van der Waals surface area contributed by atoms with Crippen molar-refractivity contribution in [3.8, 4) is 0 Å². The maximum atomic E-state index is 11.0. The van der Waals surface area contributed by atoms with Crippen LogP contribution in [0.1, 0.15) is 19.8 Å². The second-order valence-corrected chi connectivity index (χ2v) is 3.08. The summed E-state index contributed by atoms with van der Waals surface area (Å²) in [6.45, 7) is 1.78. The van der Waals surface area contributed by atoms with Crippen molar-refractivity contribution in [3.63, 3.8) is 0 Å². The van der Waals surface area contributed by atoms with Crippen molar-refractivity contribution < 1.29 is 24.2 Å². The average Bonchev–Trinajstić information content (AvgIpc) is 2.09. The van der Waals surface area contributed by atoms with Gasteiger partial charge in [0.25, 0.3) is 0 Å². The Hall–Kier alpha value is -1.59. The van der Waals surface area contributed by atoms with Gasteiger partial charge in [-0.3, -0.25) is 4.79 Å². The Morgan fingerprint density at radius 1 is 1.57 bits per heavy atom. The molecular weight excluding hydrogens is 190 g/mol. The lowest BCUT2D eigenvalue weighted by molar-refractivity contribution is -0.169. The summed E-state index contributed by atoms with van der Waals surface area (Å²) in [5, 5.41) is 10.4. The lowest BCUT2D eigenvalue weighted by Crippen LogP contribution is -2.48. The highest BCUT2D eigenvalue weighted by Gasteiger charge is 2.36. The van der Waals surface area contributed by atoms with Crippen LogP contribution in [0.2, 0.25) is 0 Å². The molecule has 14 heavy (non-hydrogen) atoms. The Balaban J connectivity index is 2.64. The minimum Gasteiger partial charge on any atom is -0.465 e. The monoisotopic (exact) mass is 201 g/mol. The Bertz CT molecular complexity index is 275. The minimum absolute atomic E-state index is 0.181. The van der Waals surface area contributed by atoms with Gasteiger partial charge in [0.2, 0.25) is 0 Å². The summed E-state index contributed by atoms with van der Waals surface area (Å²) in [5.74, 6) is -1.78. The van der Waals surface area contributed by atoms with Crippen LogP contribution in [-0.2, 0) is 14.3 Å². The fraction of sp³-hybridized carbons (Fsp3) is 0.625. The Morgan fingerprint density at radius 2 is 2.21 bits per heavy atom. The van der Waals surface area contributed by atoms with Gasteiger partial charge < -0.3 is 15.2 Å². The molecule has 0 aromatic heterocycles. The van der Waals surface area contributed by atoms with Crippen molar-refractivity contribution in [2.75, 3.05) is 0 Å². The van der Waals surface area contributed by atoms with Gasteiger partial charge in [0.1, 0.15) is 6.04 Å². The van der Waals surface area contributed by atoms with E-state index in [1.54, 1.807) is 6.92 Å². The SMILES string of the molecule is CCC1C[C@H](NC(=O)O)C(=O)OC1=O. The molecule has 0 aromatic rings. The van der Waals surface area contributed by atoms with Crippen molar-refractivity contribution in [1.29, 1.82) is 0 Å². The predicted molar refractivity (Wildman–Crippen MR) is 44.4 cm³/mol. The summed E-state index contributed by atoms with van der Waals surface area (Å²) in [4.78, 5) is 32.4. The second kappa shape index (κ2) is 4.08. The van der Waals surface area contributed by atoms with E-state index in [9.17, 15) is 14.4 Å². The molecule has 1 amide bonds. The quantitative estimate of drug-likeness (QED) is 0.489. The summed E-state index contributed by atoms with van der Waals surface area (Å²) in [7, 11) is 0. The van der Waals surface area contributed by atoms with Gasteiger partial charge in [-0.15, -0.1) is 0 Å². The van der Waals surface area contributed by atoms with Crippen LogP contribution in [-0.4, -0.2) is 29.2 Å². The lowest BCUT2D eigenvalue weighted by atomic mass is 9.95. The van der Waals surface area contributed by atoms with Crippen LogP contribution in [0.3, 0.4) is 0 Å². The number of hydrogen-bond donors (Lipinski definition) is 2. The van der Waals surface area contributed by atoms with Crippen molar-refractivity contribution in [3.05, 3.63) is 0 Å². The molecule has 6 heteroatoms. The van der Waals surface area contributed by atoms with Crippen LogP contribution in [0.5, 0.6) is 0 Å². The third kappa shape index (κ3) is 2.21. The van der Waals surface area contributed by atoms with Crippen LogP contribution in [0.15, 0.2) is 0 Å². The number of nitrogens with one attached hydrogen (secondary N) is 1. The van der Waals surface area contributed by atoms with Crippen LogP contribution in [0.25, 0.3) is 0 Å². The standard InChI is InChI=1S/C8H11NO5/c1-2-4-3-5(9-8(12)13)7(11)14-6(4)10/h4-5,9H,2-3H2,1H3,(H,12,13)/t4?,5-/m0/s1. The van der Waals surface area contributed by atoms with E-state index < -0.39 is 30.0 Å². The van der Waals surface area contributed by atoms with Gasteiger partial charge in [-0.25, -0.2) is 9.59 Å². The number of amides is 1. The van der Waals surface area contributed by atoms with Gasteiger partial charge in [0.05, 0.1) is 5.92 Å². The highest BCUT2D eigenvalue weighted by molar-refractivity contribution is 5.93. The molecule has 0 spiro atoms. The molecule has 78 valence electrons. The Morgan fingerprint density at radius 3 is 2.71 bits per heavy atom. The van der Waals surface area contributed by atoms with Crippen LogP contribution >= 0.6 is 0 Å². The topological polar surface area (TPSA) is 92.7 Å². The predicted octanol–water partition coefficient (Wildman–Crippen LogP) is 0.122. The highest BCUT2D eigenvalue weighted by Crippen LogP contribution is 2.19. The zero-order chi connectivity index (χ0) is 10.7. The van der Waals surface area contributed by atoms with E-state index in [4.69, 9.17) is 5.11 Å². The summed E-state index contributed by atoms with van der Waals surface area (Å²) in [5.41, 5.74) is 0. The molecular formula is C8H11NO5. The smallest absolute Gasteiger partial charge is 0.405 e. The molecule has 1 fully saturated rings. The maximum Gasteiger partial charge on any atom is 0.405 e. The van der Waals surface area contributed by atoms with Gasteiger partial charge in [0.15, 0.2) is 0 Å². The Kier molecular flexibility index (Phi) is 3.06. The first-order valence-corrected chi connectivity index (χ1v) is 4.29. The molecule has 2 N–H and O–H groups in total. The molecule has 0 bridgehead atoms. The summed E-state index contributed by atoms with van der Waals surface area (Å²) in [6, 6.07) is -0.921. The van der Waals surface area contributed by atoms with E-state index in [0.717, 1.165) is 0 Å². The fourth-order valence-corrected chi connectivity index (χ4v) is 1.33. The third-order valence-electron chi connectivity index (χ3n) is 2.13. The molecule has 0 aromatic carbocycles. The number of carboxylic acid groups (broad SMARTS) is 1. The molecule has 2 atom stereocenters. The molecule has 0 radical (unpaired) electrons. The van der Waals surface area contributed by atoms with E-state index in [2.05, 4.69) is 4.74 Å². The van der Waals surface area contributed by atoms with Gasteiger partial charge in [-0.2, -0.15) is 0 Å². The summed E-state index contributed by atoms with van der Waals surface area (Å²) in [6.07, 6.45) is -0.583. The first kappa shape index (κ1) is 10.5. The van der Waals surface area contributed by atoms with E-state index >= 15 is 0 Å². The summed E-state index contributed by atoms with van der Waals surface area (Å²) >= 11 is 0. The number of cyclic esters (lactones) is 2. The van der Waals surface area contributed by atoms with Crippen molar-refractivity contribution in [2.45, 2.75) is 25.8 Å². The lowest BCUT2D eigenvalue weighted by Gasteiger charge is -2.25. The summed E-state index contributed by atoms with van der Waals surface area (Å²) < 4.78 is 4.40. The number of hydrogen-bond acceptors (Lipinski definition) is 4.